The maximum absolute atomic E-state index is 12.3. The number of unbranched alkanes of at least 4 members (excludes halogenated alkanes) is 1. The van der Waals surface area contributed by atoms with Crippen LogP contribution < -0.4 is 10.0 Å². The number of terminal acetylenes is 1. The van der Waals surface area contributed by atoms with Crippen molar-refractivity contribution in [3.63, 3.8) is 0 Å². The van der Waals surface area contributed by atoms with Gasteiger partial charge in [0.25, 0.3) is 5.91 Å². The van der Waals surface area contributed by atoms with Crippen LogP contribution in [0.1, 0.15) is 49.9 Å². The maximum Gasteiger partial charge on any atom is 0.251 e. The van der Waals surface area contributed by atoms with Crippen molar-refractivity contribution < 1.29 is 13.2 Å². The second-order valence-electron chi connectivity index (χ2n) is 5.68. The van der Waals surface area contributed by atoms with Crippen molar-refractivity contribution in [2.75, 3.05) is 13.1 Å². The molecule has 0 saturated heterocycles. The molecule has 0 fully saturated rings. The summed E-state index contributed by atoms with van der Waals surface area (Å²) in [5.41, 5.74) is 0.323. The normalized spacial score (nSPS) is 12.4. The molecule has 0 heterocycles. The van der Waals surface area contributed by atoms with Gasteiger partial charge in [-0.25, -0.2) is 8.42 Å². The molecule has 2 N–H and O–H groups in total. The summed E-state index contributed by atoms with van der Waals surface area (Å²) in [6.07, 6.45) is 9.43. The Morgan fingerprint density at radius 1 is 1.33 bits per heavy atom. The Kier molecular flexibility index (Phi) is 8.51. The lowest BCUT2D eigenvalue weighted by Crippen LogP contribution is -2.29. The number of benzene rings is 1. The van der Waals surface area contributed by atoms with Crippen molar-refractivity contribution in [3.8, 4) is 12.3 Å². The van der Waals surface area contributed by atoms with Crippen LogP contribution in [-0.2, 0) is 10.0 Å². The van der Waals surface area contributed by atoms with Gasteiger partial charge < -0.3 is 5.32 Å². The zero-order chi connectivity index (χ0) is 18.0. The number of carbonyl (C=O) groups is 1. The van der Waals surface area contributed by atoms with E-state index < -0.39 is 10.0 Å². The van der Waals surface area contributed by atoms with Gasteiger partial charge in [-0.05, 0) is 30.5 Å². The highest BCUT2D eigenvalue weighted by atomic mass is 32.2. The quantitative estimate of drug-likeness (QED) is 0.637. The Hall–Kier alpha value is -1.84. The first-order valence-electron chi connectivity index (χ1n) is 8.26. The number of hydrogen-bond donors (Lipinski definition) is 2. The zero-order valence-corrected chi connectivity index (χ0v) is 15.2. The van der Waals surface area contributed by atoms with Crippen LogP contribution in [0.3, 0.4) is 0 Å². The van der Waals surface area contributed by atoms with Crippen LogP contribution in [-0.4, -0.2) is 27.4 Å². The lowest BCUT2D eigenvalue weighted by molar-refractivity contribution is 0.0945. The van der Waals surface area contributed by atoms with Gasteiger partial charge in [0, 0.05) is 12.1 Å². The van der Waals surface area contributed by atoms with E-state index >= 15 is 0 Å². The lowest BCUT2D eigenvalue weighted by atomic mass is 9.99. The molecule has 1 unspecified atom stereocenters. The van der Waals surface area contributed by atoms with E-state index in [-0.39, 0.29) is 17.3 Å². The number of nitrogens with one attached hydrogen (secondary N) is 2. The van der Waals surface area contributed by atoms with E-state index in [2.05, 4.69) is 29.8 Å². The number of rotatable bonds is 10. The molecule has 0 aliphatic carbocycles. The smallest absolute Gasteiger partial charge is 0.251 e. The second kappa shape index (κ2) is 10.1. The molecule has 5 nitrogen and oxygen atoms in total. The Balaban J connectivity index is 2.75. The molecule has 1 aromatic rings. The second-order valence-corrected chi connectivity index (χ2v) is 7.45. The first-order chi connectivity index (χ1) is 11.4. The standard InChI is InChI=1S/C18H26N2O3S/c1-4-7-9-15(6-3)14-19-18(21)16-10-8-11-17(13-16)24(22,23)20-12-5-2/h2,8,10-11,13,15,20H,4,6-7,9,12,14H2,1,3H3,(H,19,21). The molecule has 0 saturated carbocycles. The molecule has 0 aromatic heterocycles. The molecule has 0 spiro atoms. The van der Waals surface area contributed by atoms with Gasteiger partial charge in [-0.1, -0.05) is 45.1 Å². The molecule has 0 aliphatic heterocycles. The molecular weight excluding hydrogens is 324 g/mol. The van der Waals surface area contributed by atoms with Gasteiger partial charge in [-0.3, -0.25) is 4.79 Å². The summed E-state index contributed by atoms with van der Waals surface area (Å²) < 4.78 is 26.4. The highest BCUT2D eigenvalue weighted by Crippen LogP contribution is 2.13. The molecule has 1 atom stereocenters. The van der Waals surface area contributed by atoms with E-state index in [0.29, 0.717) is 18.0 Å². The number of hydrogen-bond acceptors (Lipinski definition) is 3. The van der Waals surface area contributed by atoms with Crippen LogP contribution in [0.15, 0.2) is 29.2 Å². The summed E-state index contributed by atoms with van der Waals surface area (Å²) in [7, 11) is -3.70. The van der Waals surface area contributed by atoms with Crippen LogP contribution in [0.2, 0.25) is 0 Å². The molecular formula is C18H26N2O3S. The molecule has 0 aliphatic rings. The Bertz CT molecular complexity index is 678. The molecule has 24 heavy (non-hydrogen) atoms. The van der Waals surface area contributed by atoms with E-state index in [1.165, 1.54) is 12.1 Å². The molecule has 6 heteroatoms. The fourth-order valence-corrected chi connectivity index (χ4v) is 3.29. The molecule has 1 amide bonds. The summed E-state index contributed by atoms with van der Waals surface area (Å²) in [5.74, 6) is 2.40. The SMILES string of the molecule is C#CCNS(=O)(=O)c1cccc(C(=O)NCC(CC)CCCC)c1. The van der Waals surface area contributed by atoms with Gasteiger partial charge in [0.1, 0.15) is 0 Å². The van der Waals surface area contributed by atoms with Gasteiger partial charge in [-0.2, -0.15) is 4.72 Å². The lowest BCUT2D eigenvalue weighted by Gasteiger charge is -2.15. The van der Waals surface area contributed by atoms with E-state index in [9.17, 15) is 13.2 Å². The predicted molar refractivity (Wildman–Crippen MR) is 96.1 cm³/mol. The van der Waals surface area contributed by atoms with E-state index in [1.807, 2.05) is 0 Å². The molecule has 0 bridgehead atoms. The molecule has 1 aromatic carbocycles. The van der Waals surface area contributed by atoms with E-state index in [4.69, 9.17) is 6.42 Å². The summed E-state index contributed by atoms with van der Waals surface area (Å²) in [6, 6.07) is 5.95. The maximum atomic E-state index is 12.3. The van der Waals surface area contributed by atoms with Gasteiger partial charge in [-0.15, -0.1) is 6.42 Å². The van der Waals surface area contributed by atoms with Crippen molar-refractivity contribution in [3.05, 3.63) is 29.8 Å². The number of sulfonamides is 1. The monoisotopic (exact) mass is 350 g/mol. The number of amides is 1. The first kappa shape index (κ1) is 20.2. The van der Waals surface area contributed by atoms with Crippen molar-refractivity contribution >= 4 is 15.9 Å². The topological polar surface area (TPSA) is 75.3 Å². The first-order valence-corrected chi connectivity index (χ1v) is 9.74. The van der Waals surface area contributed by atoms with E-state index in [0.717, 1.165) is 25.7 Å². The van der Waals surface area contributed by atoms with Crippen molar-refractivity contribution in [1.29, 1.82) is 0 Å². The van der Waals surface area contributed by atoms with Crippen LogP contribution in [0.25, 0.3) is 0 Å². The summed E-state index contributed by atoms with van der Waals surface area (Å²) in [4.78, 5) is 12.3. The van der Waals surface area contributed by atoms with E-state index in [1.54, 1.807) is 12.1 Å². The van der Waals surface area contributed by atoms with Gasteiger partial charge in [0.05, 0.1) is 11.4 Å². The van der Waals surface area contributed by atoms with Crippen LogP contribution in [0.5, 0.6) is 0 Å². The predicted octanol–water partition coefficient (Wildman–Crippen LogP) is 2.54. The summed E-state index contributed by atoms with van der Waals surface area (Å²) in [6.45, 7) is 4.76. The largest absolute Gasteiger partial charge is 0.352 e. The summed E-state index contributed by atoms with van der Waals surface area (Å²) in [5, 5.41) is 2.89. The third-order valence-electron chi connectivity index (χ3n) is 3.87. The minimum Gasteiger partial charge on any atom is -0.352 e. The molecule has 132 valence electrons. The van der Waals surface area contributed by atoms with Crippen LogP contribution in [0.4, 0.5) is 0 Å². The van der Waals surface area contributed by atoms with Crippen molar-refractivity contribution in [1.82, 2.24) is 10.0 Å². The minimum absolute atomic E-state index is 0.0309. The molecule has 1 rings (SSSR count). The third kappa shape index (κ3) is 6.34. The van der Waals surface area contributed by atoms with Crippen LogP contribution >= 0.6 is 0 Å². The minimum atomic E-state index is -3.70. The number of carbonyl (C=O) groups excluding carboxylic acids is 1. The zero-order valence-electron chi connectivity index (χ0n) is 14.3. The highest BCUT2D eigenvalue weighted by molar-refractivity contribution is 7.89. The van der Waals surface area contributed by atoms with Gasteiger partial charge >= 0.3 is 0 Å². The Morgan fingerprint density at radius 2 is 2.08 bits per heavy atom. The highest BCUT2D eigenvalue weighted by Gasteiger charge is 2.16. The Morgan fingerprint density at radius 3 is 2.71 bits per heavy atom. The average molecular weight is 350 g/mol. The van der Waals surface area contributed by atoms with Gasteiger partial charge in [0.2, 0.25) is 10.0 Å². The van der Waals surface area contributed by atoms with Crippen molar-refractivity contribution in [2.45, 2.75) is 44.4 Å². The fourth-order valence-electron chi connectivity index (χ4n) is 2.31. The fraction of sp³-hybridized carbons (Fsp3) is 0.500. The molecule has 0 radical (unpaired) electrons. The average Bonchev–Trinajstić information content (AvgIpc) is 2.60. The van der Waals surface area contributed by atoms with Crippen molar-refractivity contribution in [2.24, 2.45) is 5.92 Å². The van der Waals surface area contributed by atoms with Gasteiger partial charge in [0.15, 0.2) is 0 Å². The third-order valence-corrected chi connectivity index (χ3v) is 5.26. The summed E-state index contributed by atoms with van der Waals surface area (Å²) >= 11 is 0. The Labute approximate surface area is 145 Å². The van der Waals surface area contributed by atoms with Crippen LogP contribution in [0, 0.1) is 18.3 Å².